The first kappa shape index (κ1) is 29.0. The zero-order chi connectivity index (χ0) is 30.9. The van der Waals surface area contributed by atoms with Gasteiger partial charge in [-0.25, -0.2) is 18.7 Å². The highest BCUT2D eigenvalue weighted by molar-refractivity contribution is 5.97. The first-order valence-electron chi connectivity index (χ1n) is 15.3. The molecule has 11 heteroatoms. The Balaban J connectivity index is 1.23. The predicted octanol–water partition coefficient (Wildman–Crippen LogP) is 6.47. The summed E-state index contributed by atoms with van der Waals surface area (Å²) in [5, 5.41) is 11.5. The Morgan fingerprint density at radius 2 is 1.82 bits per heavy atom. The number of fused-ring (bicyclic) bond motifs is 2. The van der Waals surface area contributed by atoms with Gasteiger partial charge in [0, 0.05) is 72.1 Å². The van der Waals surface area contributed by atoms with Crippen molar-refractivity contribution in [3.05, 3.63) is 78.3 Å². The molecular weight excluding hydrogens is 572 g/mol. The Morgan fingerprint density at radius 3 is 2.67 bits per heavy atom. The van der Waals surface area contributed by atoms with Crippen LogP contribution in [0.3, 0.4) is 0 Å². The van der Waals surface area contributed by atoms with Crippen LogP contribution in [0.5, 0.6) is 0 Å². The summed E-state index contributed by atoms with van der Waals surface area (Å²) in [6.07, 6.45) is 8.90. The van der Waals surface area contributed by atoms with E-state index in [1.54, 1.807) is 18.5 Å². The molecule has 230 valence electrons. The average Bonchev–Trinajstić information content (AvgIpc) is 3.64. The number of rotatable bonds is 9. The number of likely N-dealkylation sites (tertiary alicyclic amines) is 1. The van der Waals surface area contributed by atoms with Crippen LogP contribution in [0.25, 0.3) is 55.8 Å². The molecule has 0 radical (unpaired) electrons. The Labute approximate surface area is 259 Å². The number of aromatic amines is 2. The van der Waals surface area contributed by atoms with E-state index >= 15 is 4.39 Å². The van der Waals surface area contributed by atoms with Gasteiger partial charge in [0.2, 0.25) is 0 Å². The highest BCUT2D eigenvalue weighted by Crippen LogP contribution is 2.35. The molecule has 0 atom stereocenters. The lowest BCUT2D eigenvalue weighted by atomic mass is 10.0. The Bertz CT molecular complexity index is 1970. The van der Waals surface area contributed by atoms with Crippen molar-refractivity contribution >= 4 is 27.8 Å². The summed E-state index contributed by atoms with van der Waals surface area (Å²) in [4.78, 5) is 21.5. The standard InChI is InChI=1S/C34H35F2N9/c1-44(2)11-8-38-25-14-22(13-24(35)15-25)26-6-7-39-33-31(26)40-34(41-33)32-28-16-27(29(36)17-30(28)42-43-32)23-12-21(18-37-19-23)20-45-9-4-3-5-10-45/h6-7,12-19,38H,3-5,8-11,20H2,1-2H3,(H,42,43)(H,39,40,41). The van der Waals surface area contributed by atoms with Gasteiger partial charge < -0.3 is 15.2 Å². The zero-order valence-corrected chi connectivity index (χ0v) is 25.4. The Hall–Kier alpha value is -4.74. The van der Waals surface area contributed by atoms with E-state index in [9.17, 15) is 4.39 Å². The minimum atomic E-state index is -0.357. The molecule has 2 aromatic carbocycles. The summed E-state index contributed by atoms with van der Waals surface area (Å²) >= 11 is 0. The summed E-state index contributed by atoms with van der Waals surface area (Å²) in [5.74, 6) is -0.220. The molecule has 0 unspecified atom stereocenters. The fourth-order valence-corrected chi connectivity index (χ4v) is 6.07. The highest BCUT2D eigenvalue weighted by Gasteiger charge is 2.19. The van der Waals surface area contributed by atoms with Crippen LogP contribution < -0.4 is 5.32 Å². The molecule has 0 amide bonds. The second kappa shape index (κ2) is 12.3. The highest BCUT2D eigenvalue weighted by atomic mass is 19.1. The van der Waals surface area contributed by atoms with Gasteiger partial charge in [-0.3, -0.25) is 15.0 Å². The molecule has 1 saturated heterocycles. The number of nitrogens with zero attached hydrogens (tertiary/aromatic N) is 6. The van der Waals surface area contributed by atoms with Crippen molar-refractivity contribution in [3.8, 4) is 33.8 Å². The first-order valence-corrected chi connectivity index (χ1v) is 15.3. The quantitative estimate of drug-likeness (QED) is 0.173. The second-order valence-electron chi connectivity index (χ2n) is 12.0. The van der Waals surface area contributed by atoms with Crippen LogP contribution >= 0.6 is 0 Å². The number of benzene rings is 2. The van der Waals surface area contributed by atoms with Crippen molar-refractivity contribution in [1.29, 1.82) is 0 Å². The average molecular weight is 608 g/mol. The normalized spacial score (nSPS) is 14.2. The molecule has 9 nitrogen and oxygen atoms in total. The molecule has 1 aliphatic rings. The first-order chi connectivity index (χ1) is 21.9. The van der Waals surface area contributed by atoms with Crippen LogP contribution in [0.4, 0.5) is 14.5 Å². The van der Waals surface area contributed by atoms with Crippen LogP contribution in [-0.4, -0.2) is 80.2 Å². The van der Waals surface area contributed by atoms with Crippen molar-refractivity contribution < 1.29 is 8.78 Å². The molecule has 3 N–H and O–H groups in total. The molecule has 45 heavy (non-hydrogen) atoms. The molecule has 6 aromatic rings. The van der Waals surface area contributed by atoms with E-state index < -0.39 is 0 Å². The largest absolute Gasteiger partial charge is 0.384 e. The number of H-pyrrole nitrogens is 2. The summed E-state index contributed by atoms with van der Waals surface area (Å²) in [6.45, 7) is 4.45. The van der Waals surface area contributed by atoms with E-state index in [-0.39, 0.29) is 11.6 Å². The van der Waals surface area contributed by atoms with Crippen LogP contribution in [0, 0.1) is 11.6 Å². The van der Waals surface area contributed by atoms with Crippen LogP contribution in [0.15, 0.2) is 61.1 Å². The minimum Gasteiger partial charge on any atom is -0.384 e. The molecule has 1 aliphatic heterocycles. The van der Waals surface area contributed by atoms with Gasteiger partial charge in [-0.1, -0.05) is 6.42 Å². The van der Waals surface area contributed by atoms with Gasteiger partial charge in [0.1, 0.15) is 17.3 Å². The molecule has 5 heterocycles. The van der Waals surface area contributed by atoms with Gasteiger partial charge in [0.05, 0.1) is 11.0 Å². The summed E-state index contributed by atoms with van der Waals surface area (Å²) in [7, 11) is 3.99. The van der Waals surface area contributed by atoms with Gasteiger partial charge in [-0.2, -0.15) is 5.10 Å². The smallest absolute Gasteiger partial charge is 0.178 e. The van der Waals surface area contributed by atoms with Crippen molar-refractivity contribution in [3.63, 3.8) is 0 Å². The Morgan fingerprint density at radius 1 is 0.956 bits per heavy atom. The topological polar surface area (TPSA) is 102 Å². The van der Waals surface area contributed by atoms with Gasteiger partial charge in [0.25, 0.3) is 0 Å². The number of imidazole rings is 1. The third kappa shape index (κ3) is 6.13. The molecule has 0 aliphatic carbocycles. The van der Waals surface area contributed by atoms with E-state index in [1.807, 2.05) is 38.5 Å². The van der Waals surface area contributed by atoms with Gasteiger partial charge in [0.15, 0.2) is 11.5 Å². The number of pyridine rings is 2. The van der Waals surface area contributed by atoms with Crippen LogP contribution in [-0.2, 0) is 6.54 Å². The number of halogens is 2. The monoisotopic (exact) mass is 607 g/mol. The maximum atomic E-state index is 15.4. The van der Waals surface area contributed by atoms with Gasteiger partial charge in [-0.05, 0) is 87.6 Å². The van der Waals surface area contributed by atoms with Crippen molar-refractivity contribution in [2.75, 3.05) is 45.6 Å². The number of nitrogens with one attached hydrogen (secondary N) is 3. The fourth-order valence-electron chi connectivity index (χ4n) is 6.07. The lowest BCUT2D eigenvalue weighted by molar-refractivity contribution is 0.220. The predicted molar refractivity (Wildman–Crippen MR) is 174 cm³/mol. The lowest BCUT2D eigenvalue weighted by Crippen LogP contribution is -2.29. The van der Waals surface area contributed by atoms with E-state index in [0.717, 1.165) is 37.3 Å². The van der Waals surface area contributed by atoms with Crippen molar-refractivity contribution in [1.82, 2.24) is 39.9 Å². The molecule has 4 aromatic heterocycles. The van der Waals surface area contributed by atoms with Gasteiger partial charge >= 0.3 is 0 Å². The Kier molecular flexibility index (Phi) is 7.95. The lowest BCUT2D eigenvalue weighted by Gasteiger charge is -2.26. The summed E-state index contributed by atoms with van der Waals surface area (Å²) < 4.78 is 30.2. The van der Waals surface area contributed by atoms with Gasteiger partial charge in [-0.15, -0.1) is 0 Å². The van der Waals surface area contributed by atoms with Crippen molar-refractivity contribution in [2.24, 2.45) is 0 Å². The number of likely N-dealkylation sites (N-methyl/N-ethyl adjacent to an activating group) is 1. The summed E-state index contributed by atoms with van der Waals surface area (Å²) in [6, 6.07) is 12.0. The molecule has 0 saturated carbocycles. The van der Waals surface area contributed by atoms with Crippen LogP contribution in [0.2, 0.25) is 0 Å². The minimum absolute atomic E-state index is 0.341. The number of anilines is 1. The SMILES string of the molecule is CN(C)CCNc1cc(F)cc(-c2ccnc3nc(-c4n[nH]c5cc(F)c(-c6cncc(CN7CCCCC7)c6)cc45)[nH]c23)c1. The molecule has 1 fully saturated rings. The number of hydrogen-bond donors (Lipinski definition) is 3. The maximum absolute atomic E-state index is 15.4. The van der Waals surface area contributed by atoms with E-state index in [4.69, 9.17) is 4.98 Å². The number of aromatic nitrogens is 6. The van der Waals surface area contributed by atoms with Crippen LogP contribution in [0.1, 0.15) is 24.8 Å². The fraction of sp³-hybridized carbons (Fsp3) is 0.294. The maximum Gasteiger partial charge on any atom is 0.178 e. The van der Waals surface area contributed by atoms with E-state index in [2.05, 4.69) is 40.3 Å². The third-order valence-electron chi connectivity index (χ3n) is 8.32. The molecule has 7 rings (SSSR count). The van der Waals surface area contributed by atoms with E-state index in [1.165, 1.54) is 37.5 Å². The molecule has 0 spiro atoms. The molecule has 0 bridgehead atoms. The summed E-state index contributed by atoms with van der Waals surface area (Å²) in [5.41, 5.74) is 6.59. The zero-order valence-electron chi connectivity index (χ0n) is 25.4. The number of hydrogen-bond acceptors (Lipinski definition) is 7. The van der Waals surface area contributed by atoms with Crippen molar-refractivity contribution in [2.45, 2.75) is 25.8 Å². The third-order valence-corrected chi connectivity index (χ3v) is 8.32. The van der Waals surface area contributed by atoms with E-state index in [0.29, 0.717) is 62.5 Å². The number of piperidine rings is 1. The second-order valence-corrected chi connectivity index (χ2v) is 12.0. The molecular formula is C34H35F2N9.